The number of fused-ring (bicyclic) bond motifs is 1. The molecule has 43 heavy (non-hydrogen) atoms. The summed E-state index contributed by atoms with van der Waals surface area (Å²) in [6.07, 6.45) is 0.909. The van der Waals surface area contributed by atoms with E-state index in [1.54, 1.807) is 18.2 Å². The van der Waals surface area contributed by atoms with E-state index in [-0.39, 0.29) is 11.7 Å². The van der Waals surface area contributed by atoms with Crippen LogP contribution in [0.1, 0.15) is 27.0 Å². The summed E-state index contributed by atoms with van der Waals surface area (Å²) in [4.78, 5) is 28.1. The summed E-state index contributed by atoms with van der Waals surface area (Å²) >= 11 is 0. The summed E-state index contributed by atoms with van der Waals surface area (Å²) in [5.41, 5.74) is 4.01. The first kappa shape index (κ1) is 29.9. The van der Waals surface area contributed by atoms with Crippen molar-refractivity contribution in [1.82, 2.24) is 20.3 Å². The van der Waals surface area contributed by atoms with Crippen LogP contribution in [0.4, 0.5) is 22.2 Å². The molecule has 0 radical (unpaired) electrons. The van der Waals surface area contributed by atoms with Crippen LogP contribution in [0.15, 0.2) is 78.9 Å². The van der Waals surface area contributed by atoms with E-state index in [4.69, 9.17) is 9.47 Å². The molecule has 2 heterocycles. The zero-order valence-corrected chi connectivity index (χ0v) is 24.0. The van der Waals surface area contributed by atoms with Crippen LogP contribution in [-0.2, 0) is 29.0 Å². The van der Waals surface area contributed by atoms with Crippen molar-refractivity contribution in [3.63, 3.8) is 0 Å². The highest BCUT2D eigenvalue weighted by molar-refractivity contribution is 5.94. The highest BCUT2D eigenvalue weighted by Crippen LogP contribution is 2.23. The number of ether oxygens (including phenoxy) is 2. The number of amides is 1. The molecule has 5 rings (SSSR count). The maximum atomic E-state index is 13.7. The van der Waals surface area contributed by atoms with Gasteiger partial charge in [-0.2, -0.15) is 15.0 Å². The molecule has 224 valence electrons. The molecule has 1 aliphatic heterocycles. The first-order chi connectivity index (χ1) is 21.1. The highest BCUT2D eigenvalue weighted by Gasteiger charge is 2.20. The van der Waals surface area contributed by atoms with Crippen molar-refractivity contribution in [2.45, 2.75) is 19.5 Å². The highest BCUT2D eigenvalue weighted by atomic mass is 19.1. The van der Waals surface area contributed by atoms with Gasteiger partial charge in [-0.15, -0.1) is 0 Å². The average molecular weight is 586 g/mol. The summed E-state index contributed by atoms with van der Waals surface area (Å²) in [5, 5.41) is 9.26. The number of nitrogens with one attached hydrogen (secondary N) is 3. The number of carbonyl (C=O) groups excluding carboxylic acids is 1. The van der Waals surface area contributed by atoms with Crippen molar-refractivity contribution in [3.05, 3.63) is 107 Å². The first-order valence-corrected chi connectivity index (χ1v) is 14.4. The van der Waals surface area contributed by atoms with Gasteiger partial charge in [-0.1, -0.05) is 54.6 Å². The zero-order chi connectivity index (χ0) is 29.7. The number of rotatable bonds is 15. The third kappa shape index (κ3) is 9.19. The zero-order valence-electron chi connectivity index (χ0n) is 24.0. The molecule has 1 aromatic heterocycles. The van der Waals surface area contributed by atoms with Gasteiger partial charge in [-0.3, -0.25) is 4.79 Å². The van der Waals surface area contributed by atoms with Gasteiger partial charge in [-0.25, -0.2) is 4.39 Å². The normalized spacial score (nSPS) is 12.4. The van der Waals surface area contributed by atoms with Crippen LogP contribution in [0.3, 0.4) is 0 Å². The summed E-state index contributed by atoms with van der Waals surface area (Å²) in [5.74, 6) is 1.00. The van der Waals surface area contributed by atoms with Crippen LogP contribution in [0.25, 0.3) is 0 Å². The smallest absolute Gasteiger partial charge is 0.251 e. The number of benzene rings is 3. The lowest BCUT2D eigenvalue weighted by atomic mass is 10.0. The summed E-state index contributed by atoms with van der Waals surface area (Å²) in [6, 6.07) is 23.9. The van der Waals surface area contributed by atoms with Crippen molar-refractivity contribution in [3.8, 4) is 0 Å². The number of nitrogens with zero attached hydrogens (tertiary/aromatic N) is 4. The van der Waals surface area contributed by atoms with Crippen LogP contribution in [0.5, 0.6) is 0 Å². The van der Waals surface area contributed by atoms with Gasteiger partial charge < -0.3 is 30.3 Å². The van der Waals surface area contributed by atoms with Gasteiger partial charge in [0.05, 0.1) is 26.4 Å². The van der Waals surface area contributed by atoms with Crippen molar-refractivity contribution in [1.29, 1.82) is 0 Å². The Hall–Kier alpha value is -4.61. The number of halogens is 1. The Balaban J connectivity index is 1.08. The van der Waals surface area contributed by atoms with E-state index in [1.165, 1.54) is 23.3 Å². The Kier molecular flexibility index (Phi) is 10.8. The lowest BCUT2D eigenvalue weighted by Gasteiger charge is -2.29. The first-order valence-electron chi connectivity index (χ1n) is 14.4. The molecular formula is C32H36FN7O3. The van der Waals surface area contributed by atoms with Crippen LogP contribution < -0.4 is 20.9 Å². The SMILES string of the molecule is O=C(NCCOCCOCCNc1nc(NCc2cccc(F)c2)nc(N2CCc3ccccc3C2)n1)c1ccccc1. The molecule has 0 aliphatic carbocycles. The predicted octanol–water partition coefficient (Wildman–Crippen LogP) is 4.06. The minimum atomic E-state index is -0.287. The second kappa shape index (κ2) is 15.6. The second-order valence-electron chi connectivity index (χ2n) is 9.98. The molecule has 1 aliphatic rings. The summed E-state index contributed by atoms with van der Waals surface area (Å²) in [6.45, 7) is 4.47. The number of aromatic nitrogens is 3. The fraction of sp³-hybridized carbons (Fsp3) is 0.312. The molecule has 4 aromatic rings. The fourth-order valence-corrected chi connectivity index (χ4v) is 4.64. The van der Waals surface area contributed by atoms with E-state index in [0.29, 0.717) is 76.0 Å². The molecule has 0 spiro atoms. The molecule has 10 nitrogen and oxygen atoms in total. The lowest BCUT2D eigenvalue weighted by Crippen LogP contribution is -2.32. The molecule has 11 heteroatoms. The largest absolute Gasteiger partial charge is 0.377 e. The minimum Gasteiger partial charge on any atom is -0.377 e. The summed E-state index contributed by atoms with van der Waals surface area (Å²) in [7, 11) is 0. The maximum absolute atomic E-state index is 13.7. The molecule has 1 amide bonds. The van der Waals surface area contributed by atoms with Crippen LogP contribution in [0.2, 0.25) is 0 Å². The van der Waals surface area contributed by atoms with Crippen LogP contribution in [-0.4, -0.2) is 66.9 Å². The van der Waals surface area contributed by atoms with Crippen LogP contribution in [0, 0.1) is 5.82 Å². The molecule has 0 bridgehead atoms. The van der Waals surface area contributed by atoms with Crippen molar-refractivity contribution in [2.24, 2.45) is 0 Å². The van der Waals surface area contributed by atoms with Gasteiger partial charge in [-0.05, 0) is 47.4 Å². The summed E-state index contributed by atoms with van der Waals surface area (Å²) < 4.78 is 24.9. The van der Waals surface area contributed by atoms with E-state index in [0.717, 1.165) is 18.5 Å². The lowest BCUT2D eigenvalue weighted by molar-refractivity contribution is 0.0519. The molecule has 0 saturated heterocycles. The molecule has 0 fully saturated rings. The fourth-order valence-electron chi connectivity index (χ4n) is 4.64. The average Bonchev–Trinajstić information content (AvgIpc) is 3.04. The van der Waals surface area contributed by atoms with Gasteiger partial charge in [0.1, 0.15) is 5.82 Å². The van der Waals surface area contributed by atoms with Crippen molar-refractivity contribution in [2.75, 3.05) is 61.6 Å². The Morgan fingerprint density at radius 1 is 0.791 bits per heavy atom. The Bertz CT molecular complexity index is 1470. The maximum Gasteiger partial charge on any atom is 0.251 e. The van der Waals surface area contributed by atoms with Gasteiger partial charge in [0.2, 0.25) is 17.8 Å². The van der Waals surface area contributed by atoms with Gasteiger partial charge in [0.15, 0.2) is 0 Å². The van der Waals surface area contributed by atoms with E-state index < -0.39 is 0 Å². The van der Waals surface area contributed by atoms with E-state index in [2.05, 4.69) is 54.0 Å². The Morgan fingerprint density at radius 2 is 1.51 bits per heavy atom. The topological polar surface area (TPSA) is 114 Å². The van der Waals surface area contributed by atoms with Crippen LogP contribution >= 0.6 is 0 Å². The third-order valence-electron chi connectivity index (χ3n) is 6.85. The van der Waals surface area contributed by atoms with E-state index >= 15 is 0 Å². The number of hydrogen-bond donors (Lipinski definition) is 3. The molecule has 0 unspecified atom stereocenters. The quantitative estimate of drug-likeness (QED) is 0.178. The Morgan fingerprint density at radius 3 is 2.30 bits per heavy atom. The third-order valence-corrected chi connectivity index (χ3v) is 6.85. The number of carbonyl (C=O) groups is 1. The number of hydrogen-bond acceptors (Lipinski definition) is 9. The molecule has 3 aromatic carbocycles. The van der Waals surface area contributed by atoms with Crippen molar-refractivity contribution >= 4 is 23.8 Å². The minimum absolute atomic E-state index is 0.120. The molecule has 3 N–H and O–H groups in total. The Labute approximate surface area is 250 Å². The molecular weight excluding hydrogens is 549 g/mol. The van der Waals surface area contributed by atoms with E-state index in [1.807, 2.05) is 30.3 Å². The molecule has 0 saturated carbocycles. The monoisotopic (exact) mass is 585 g/mol. The molecule has 0 atom stereocenters. The second-order valence-corrected chi connectivity index (χ2v) is 9.98. The number of anilines is 3. The van der Waals surface area contributed by atoms with Crippen molar-refractivity contribution < 1.29 is 18.7 Å². The van der Waals surface area contributed by atoms with E-state index in [9.17, 15) is 9.18 Å². The van der Waals surface area contributed by atoms with Gasteiger partial charge >= 0.3 is 0 Å². The standard InChI is InChI=1S/C32H36FN7O3/c33-28-12-6-7-24(21-28)22-36-31-37-30(38-32(39-31)40-16-13-25-8-4-5-11-27(25)23-40)35-15-18-43-20-19-42-17-14-34-29(41)26-9-2-1-3-10-26/h1-12,21H,13-20,22-23H2,(H,34,41)(H2,35,36,37,38,39). The van der Waals surface area contributed by atoms with Gasteiger partial charge in [0.25, 0.3) is 5.91 Å². The predicted molar refractivity (Wildman–Crippen MR) is 164 cm³/mol. The van der Waals surface area contributed by atoms with Gasteiger partial charge in [0, 0.05) is 38.3 Å².